The highest BCUT2D eigenvalue weighted by atomic mass is 16.5. The zero-order valence-corrected chi connectivity index (χ0v) is 8.73. The molecule has 1 rings (SSSR count). The first-order valence-electron chi connectivity index (χ1n) is 4.93. The molecule has 0 saturated carbocycles. The van der Waals surface area contributed by atoms with Gasteiger partial charge in [-0.3, -0.25) is 9.59 Å². The molecule has 0 atom stereocenters. The van der Waals surface area contributed by atoms with E-state index in [2.05, 4.69) is 0 Å². The maximum Gasteiger partial charge on any atom is 0.310 e. The van der Waals surface area contributed by atoms with Crippen LogP contribution in [0, 0.1) is 0 Å². The molecule has 1 aromatic carbocycles. The number of ketones is 1. The lowest BCUT2D eigenvalue weighted by atomic mass is 10.2. The smallest absolute Gasteiger partial charge is 0.310 e. The molecular formula is C12H14O3. The van der Waals surface area contributed by atoms with Crippen LogP contribution in [0.25, 0.3) is 0 Å². The van der Waals surface area contributed by atoms with Crippen molar-refractivity contribution in [3.05, 3.63) is 35.9 Å². The van der Waals surface area contributed by atoms with E-state index in [-0.39, 0.29) is 24.8 Å². The number of carbonyl (C=O) groups excluding carboxylic acids is 2. The summed E-state index contributed by atoms with van der Waals surface area (Å²) in [5.41, 5.74) is 0.895. The predicted molar refractivity (Wildman–Crippen MR) is 56.4 cm³/mol. The average Bonchev–Trinajstić information content (AvgIpc) is 2.27. The second-order valence-corrected chi connectivity index (χ2v) is 3.22. The van der Waals surface area contributed by atoms with Gasteiger partial charge < -0.3 is 4.74 Å². The third-order valence-corrected chi connectivity index (χ3v) is 1.98. The maximum absolute atomic E-state index is 11.3. The van der Waals surface area contributed by atoms with Crippen molar-refractivity contribution in [2.45, 2.75) is 19.8 Å². The average molecular weight is 206 g/mol. The SMILES string of the molecule is CCC(=O)COC(=O)Cc1ccccc1. The van der Waals surface area contributed by atoms with Crippen LogP contribution < -0.4 is 0 Å². The van der Waals surface area contributed by atoms with Crippen LogP contribution in [0.1, 0.15) is 18.9 Å². The summed E-state index contributed by atoms with van der Waals surface area (Å²) in [5.74, 6) is -0.417. The number of rotatable bonds is 5. The van der Waals surface area contributed by atoms with Gasteiger partial charge in [0.1, 0.15) is 6.61 Å². The van der Waals surface area contributed by atoms with Crippen LogP contribution in [0.15, 0.2) is 30.3 Å². The van der Waals surface area contributed by atoms with Gasteiger partial charge in [-0.25, -0.2) is 0 Å². The molecule has 3 nitrogen and oxygen atoms in total. The molecule has 0 aliphatic carbocycles. The minimum Gasteiger partial charge on any atom is -0.457 e. The Hall–Kier alpha value is -1.64. The second-order valence-electron chi connectivity index (χ2n) is 3.22. The van der Waals surface area contributed by atoms with Crippen molar-refractivity contribution >= 4 is 11.8 Å². The standard InChI is InChI=1S/C12H14O3/c1-2-11(13)9-15-12(14)8-10-6-4-3-5-7-10/h3-7H,2,8-9H2,1H3. The van der Waals surface area contributed by atoms with Crippen LogP contribution >= 0.6 is 0 Å². The number of hydrogen-bond donors (Lipinski definition) is 0. The Kier molecular flexibility index (Phi) is 4.54. The Morgan fingerprint density at radius 2 is 1.87 bits per heavy atom. The summed E-state index contributed by atoms with van der Waals surface area (Å²) in [6.45, 7) is 1.63. The van der Waals surface area contributed by atoms with Crippen molar-refractivity contribution in [1.82, 2.24) is 0 Å². The predicted octanol–water partition coefficient (Wildman–Crippen LogP) is 1.75. The van der Waals surface area contributed by atoms with Crippen molar-refractivity contribution in [2.24, 2.45) is 0 Å². The highest BCUT2D eigenvalue weighted by Gasteiger charge is 2.06. The molecule has 0 saturated heterocycles. The van der Waals surface area contributed by atoms with Gasteiger partial charge in [-0.05, 0) is 5.56 Å². The summed E-state index contributed by atoms with van der Waals surface area (Å²) >= 11 is 0. The van der Waals surface area contributed by atoms with Gasteiger partial charge >= 0.3 is 5.97 Å². The highest BCUT2D eigenvalue weighted by molar-refractivity contribution is 5.82. The van der Waals surface area contributed by atoms with E-state index in [9.17, 15) is 9.59 Å². The Morgan fingerprint density at radius 1 is 1.20 bits per heavy atom. The summed E-state index contributed by atoms with van der Waals surface area (Å²) in [6.07, 6.45) is 0.621. The molecule has 0 aliphatic heterocycles. The quantitative estimate of drug-likeness (QED) is 0.689. The molecule has 0 fully saturated rings. The molecule has 0 aliphatic rings. The second kappa shape index (κ2) is 5.96. The van der Waals surface area contributed by atoms with Crippen molar-refractivity contribution in [3.63, 3.8) is 0 Å². The summed E-state index contributed by atoms with van der Waals surface area (Å²) in [7, 11) is 0. The van der Waals surface area contributed by atoms with E-state index in [1.165, 1.54) is 0 Å². The molecule has 80 valence electrons. The normalized spacial score (nSPS) is 9.67. The number of esters is 1. The molecule has 0 spiro atoms. The third-order valence-electron chi connectivity index (χ3n) is 1.98. The van der Waals surface area contributed by atoms with E-state index in [1.807, 2.05) is 30.3 Å². The Balaban J connectivity index is 2.34. The number of Topliss-reactive ketones (excluding diaryl/α,β-unsaturated/α-hetero) is 1. The van der Waals surface area contributed by atoms with E-state index >= 15 is 0 Å². The molecule has 3 heteroatoms. The van der Waals surface area contributed by atoms with Crippen LogP contribution in [0.5, 0.6) is 0 Å². The van der Waals surface area contributed by atoms with E-state index in [0.717, 1.165) is 5.56 Å². The molecule has 0 radical (unpaired) electrons. The van der Waals surface area contributed by atoms with Gasteiger partial charge in [0, 0.05) is 6.42 Å². The summed E-state index contributed by atoms with van der Waals surface area (Å²) in [6, 6.07) is 9.31. The molecule has 0 aromatic heterocycles. The van der Waals surface area contributed by atoms with Crippen molar-refractivity contribution < 1.29 is 14.3 Å². The first-order valence-corrected chi connectivity index (χ1v) is 4.93. The van der Waals surface area contributed by atoms with Crippen LogP contribution in [0.4, 0.5) is 0 Å². The number of hydrogen-bond acceptors (Lipinski definition) is 3. The Morgan fingerprint density at radius 3 is 2.47 bits per heavy atom. The molecule has 0 unspecified atom stereocenters. The molecule has 0 heterocycles. The molecule has 1 aromatic rings. The van der Waals surface area contributed by atoms with Crippen molar-refractivity contribution in [3.8, 4) is 0 Å². The Bertz CT molecular complexity index is 330. The molecule has 15 heavy (non-hydrogen) atoms. The van der Waals surface area contributed by atoms with E-state index in [0.29, 0.717) is 6.42 Å². The zero-order valence-electron chi connectivity index (χ0n) is 8.73. The van der Waals surface area contributed by atoms with E-state index in [1.54, 1.807) is 6.92 Å². The van der Waals surface area contributed by atoms with Crippen molar-refractivity contribution in [1.29, 1.82) is 0 Å². The summed E-state index contributed by atoms with van der Waals surface area (Å²) in [4.78, 5) is 22.1. The Labute approximate surface area is 89.1 Å². The molecule has 0 bridgehead atoms. The first kappa shape index (κ1) is 11.4. The third kappa shape index (κ3) is 4.40. The molecular weight excluding hydrogens is 192 g/mol. The van der Waals surface area contributed by atoms with Gasteiger partial charge in [0.25, 0.3) is 0 Å². The largest absolute Gasteiger partial charge is 0.457 e. The number of carbonyl (C=O) groups is 2. The molecule has 0 amide bonds. The van der Waals surface area contributed by atoms with E-state index < -0.39 is 0 Å². The lowest BCUT2D eigenvalue weighted by Gasteiger charge is -2.02. The lowest BCUT2D eigenvalue weighted by molar-refractivity contribution is -0.147. The minimum absolute atomic E-state index is 0.0589. The van der Waals surface area contributed by atoms with E-state index in [4.69, 9.17) is 4.74 Å². The zero-order chi connectivity index (χ0) is 11.1. The van der Waals surface area contributed by atoms with Gasteiger partial charge in [0.15, 0.2) is 5.78 Å². The fourth-order valence-corrected chi connectivity index (χ4v) is 1.08. The maximum atomic E-state index is 11.3. The lowest BCUT2D eigenvalue weighted by Crippen LogP contribution is -2.14. The minimum atomic E-state index is -0.358. The van der Waals surface area contributed by atoms with Gasteiger partial charge in [0.2, 0.25) is 0 Å². The number of benzene rings is 1. The first-order chi connectivity index (χ1) is 7.22. The topological polar surface area (TPSA) is 43.4 Å². The van der Waals surface area contributed by atoms with Crippen LogP contribution in [-0.4, -0.2) is 18.4 Å². The van der Waals surface area contributed by atoms with Crippen LogP contribution in [0.2, 0.25) is 0 Å². The summed E-state index contributed by atoms with van der Waals surface area (Å²) < 4.78 is 4.81. The van der Waals surface area contributed by atoms with Crippen molar-refractivity contribution in [2.75, 3.05) is 6.61 Å². The van der Waals surface area contributed by atoms with Gasteiger partial charge in [-0.2, -0.15) is 0 Å². The summed E-state index contributed by atoms with van der Waals surface area (Å²) in [5, 5.41) is 0. The van der Waals surface area contributed by atoms with Gasteiger partial charge in [-0.1, -0.05) is 37.3 Å². The highest BCUT2D eigenvalue weighted by Crippen LogP contribution is 2.00. The number of ether oxygens (including phenoxy) is 1. The van der Waals surface area contributed by atoms with Crippen LogP contribution in [-0.2, 0) is 20.7 Å². The fraction of sp³-hybridized carbons (Fsp3) is 0.333. The molecule has 0 N–H and O–H groups in total. The van der Waals surface area contributed by atoms with Crippen LogP contribution in [0.3, 0.4) is 0 Å². The fourth-order valence-electron chi connectivity index (χ4n) is 1.08. The monoisotopic (exact) mass is 206 g/mol. The van der Waals surface area contributed by atoms with Gasteiger partial charge in [0.05, 0.1) is 6.42 Å². The van der Waals surface area contributed by atoms with Gasteiger partial charge in [-0.15, -0.1) is 0 Å².